The van der Waals surface area contributed by atoms with Gasteiger partial charge in [0.25, 0.3) is 0 Å². The molecule has 1 N–H and O–H groups in total. The molecule has 0 amide bonds. The highest BCUT2D eigenvalue weighted by molar-refractivity contribution is 5.85. The third-order valence-electron chi connectivity index (χ3n) is 2.36. The first-order chi connectivity index (χ1) is 6.67. The highest BCUT2D eigenvalue weighted by Crippen LogP contribution is 2.24. The number of pyridine rings is 1. The summed E-state index contributed by atoms with van der Waals surface area (Å²) in [7, 11) is 0. The number of aromatic nitrogens is 1. The van der Waals surface area contributed by atoms with Gasteiger partial charge < -0.3 is 4.74 Å². The van der Waals surface area contributed by atoms with Crippen LogP contribution in [0.2, 0.25) is 0 Å². The van der Waals surface area contributed by atoms with E-state index in [0.29, 0.717) is 0 Å². The molecular weight excluding hydrogens is 212 g/mol. The van der Waals surface area contributed by atoms with Crippen molar-refractivity contribution in [1.29, 1.82) is 0 Å². The third-order valence-corrected chi connectivity index (χ3v) is 2.36. The summed E-state index contributed by atoms with van der Waals surface area (Å²) in [5.41, 5.74) is 1.19. The Balaban J connectivity index is 0.00000112. The number of rotatable bonds is 1. The first-order valence-electron chi connectivity index (χ1n) is 4.93. The molecule has 4 heteroatoms. The number of hydrogen-bond acceptors (Lipinski definition) is 3. The van der Waals surface area contributed by atoms with Crippen LogP contribution in [0.3, 0.4) is 0 Å². The molecule has 1 aliphatic rings. The molecule has 1 aromatic rings. The Hall–Kier alpha value is -0.640. The average molecular weight is 229 g/mol. The fourth-order valence-electron chi connectivity index (χ4n) is 1.51. The van der Waals surface area contributed by atoms with Crippen molar-refractivity contribution in [2.24, 2.45) is 5.41 Å². The zero-order valence-corrected chi connectivity index (χ0v) is 9.88. The van der Waals surface area contributed by atoms with Crippen LogP contribution >= 0.6 is 12.4 Å². The molecule has 0 aliphatic carbocycles. The van der Waals surface area contributed by atoms with Crippen molar-refractivity contribution in [3.05, 3.63) is 30.1 Å². The molecule has 1 atom stereocenters. The van der Waals surface area contributed by atoms with E-state index in [9.17, 15) is 0 Å². The largest absolute Gasteiger partial charge is 0.357 e. The highest BCUT2D eigenvalue weighted by Gasteiger charge is 2.28. The van der Waals surface area contributed by atoms with Gasteiger partial charge in [0.2, 0.25) is 0 Å². The molecule has 84 valence electrons. The van der Waals surface area contributed by atoms with Crippen molar-refractivity contribution in [2.45, 2.75) is 20.1 Å². The van der Waals surface area contributed by atoms with Crippen LogP contribution in [0.25, 0.3) is 0 Å². The van der Waals surface area contributed by atoms with E-state index in [1.165, 1.54) is 0 Å². The maximum Gasteiger partial charge on any atom is 0.151 e. The molecule has 15 heavy (non-hydrogen) atoms. The minimum Gasteiger partial charge on any atom is -0.357 e. The van der Waals surface area contributed by atoms with Crippen LogP contribution in [0, 0.1) is 5.41 Å². The monoisotopic (exact) mass is 228 g/mol. The summed E-state index contributed by atoms with van der Waals surface area (Å²) < 4.78 is 5.71. The van der Waals surface area contributed by atoms with Gasteiger partial charge in [-0.25, -0.2) is 0 Å². The molecule has 0 bridgehead atoms. The van der Waals surface area contributed by atoms with Gasteiger partial charge >= 0.3 is 0 Å². The zero-order chi connectivity index (χ0) is 10.0. The number of nitrogens with zero attached hydrogens (tertiary/aromatic N) is 1. The lowest BCUT2D eigenvalue weighted by Gasteiger charge is -2.35. The smallest absolute Gasteiger partial charge is 0.151 e. The second-order valence-corrected chi connectivity index (χ2v) is 4.49. The van der Waals surface area contributed by atoms with Crippen molar-refractivity contribution >= 4 is 12.4 Å². The van der Waals surface area contributed by atoms with E-state index in [1.807, 2.05) is 18.2 Å². The second-order valence-electron chi connectivity index (χ2n) is 4.49. The zero-order valence-electron chi connectivity index (χ0n) is 9.06. The van der Waals surface area contributed by atoms with E-state index < -0.39 is 0 Å². The predicted molar refractivity (Wildman–Crippen MR) is 62.0 cm³/mol. The topological polar surface area (TPSA) is 34.2 Å². The molecule has 3 nitrogen and oxygen atoms in total. The summed E-state index contributed by atoms with van der Waals surface area (Å²) in [5, 5.41) is 3.34. The number of halogens is 1. The van der Waals surface area contributed by atoms with Crippen LogP contribution < -0.4 is 5.32 Å². The number of nitrogens with one attached hydrogen (secondary N) is 1. The van der Waals surface area contributed by atoms with Crippen LogP contribution in [0.4, 0.5) is 0 Å². The molecule has 0 spiro atoms. The van der Waals surface area contributed by atoms with Crippen LogP contribution in [0.15, 0.2) is 24.4 Å². The van der Waals surface area contributed by atoms with Crippen LogP contribution in [-0.2, 0) is 4.74 Å². The summed E-state index contributed by atoms with van der Waals surface area (Å²) in [6.07, 6.45) is 1.75. The van der Waals surface area contributed by atoms with Gasteiger partial charge in [-0.3, -0.25) is 10.3 Å². The molecule has 0 aromatic carbocycles. The Morgan fingerprint density at radius 3 is 2.80 bits per heavy atom. The van der Waals surface area contributed by atoms with Gasteiger partial charge in [-0.15, -0.1) is 12.4 Å². The molecule has 0 saturated carbocycles. The second kappa shape index (κ2) is 4.92. The standard InChI is InChI=1S/C11H16N2O.ClH/c1-11(2)7-13-10(14-8-11)9-5-3-4-6-12-9;/h3-6,10,13H,7-8H2,1-2H3;1H. The normalized spacial score (nSPS) is 24.3. The van der Waals surface area contributed by atoms with Gasteiger partial charge in [0.15, 0.2) is 6.23 Å². The summed E-state index contributed by atoms with van der Waals surface area (Å²) in [6.45, 7) is 6.12. The van der Waals surface area contributed by atoms with Crippen LogP contribution in [-0.4, -0.2) is 18.1 Å². The maximum absolute atomic E-state index is 5.71. The van der Waals surface area contributed by atoms with E-state index in [4.69, 9.17) is 4.74 Å². The fraction of sp³-hybridized carbons (Fsp3) is 0.545. The van der Waals surface area contributed by atoms with Gasteiger partial charge in [0, 0.05) is 18.2 Å². The molecule has 2 rings (SSSR count). The lowest BCUT2D eigenvalue weighted by atomic mass is 9.93. The van der Waals surface area contributed by atoms with Gasteiger partial charge in [-0.2, -0.15) is 0 Å². The quantitative estimate of drug-likeness (QED) is 0.800. The van der Waals surface area contributed by atoms with Crippen molar-refractivity contribution in [3.63, 3.8) is 0 Å². The van der Waals surface area contributed by atoms with E-state index in [1.54, 1.807) is 6.20 Å². The minimum absolute atomic E-state index is 0. The first-order valence-corrected chi connectivity index (χ1v) is 4.93. The highest BCUT2D eigenvalue weighted by atomic mass is 35.5. The Morgan fingerprint density at radius 2 is 2.27 bits per heavy atom. The summed E-state index contributed by atoms with van der Waals surface area (Å²) >= 11 is 0. The van der Waals surface area contributed by atoms with E-state index in [0.717, 1.165) is 18.8 Å². The Labute approximate surface area is 96.7 Å². The number of hydrogen-bond donors (Lipinski definition) is 1. The molecule has 2 heterocycles. The summed E-state index contributed by atoms with van der Waals surface area (Å²) in [5.74, 6) is 0. The fourth-order valence-corrected chi connectivity index (χ4v) is 1.51. The van der Waals surface area contributed by atoms with Gasteiger partial charge in [0.05, 0.1) is 12.3 Å². The van der Waals surface area contributed by atoms with Crippen LogP contribution in [0.1, 0.15) is 25.8 Å². The average Bonchev–Trinajstić information content (AvgIpc) is 2.19. The summed E-state index contributed by atoms with van der Waals surface area (Å²) in [4.78, 5) is 4.26. The lowest BCUT2D eigenvalue weighted by molar-refractivity contribution is -0.0614. The molecule has 0 radical (unpaired) electrons. The molecule has 1 unspecified atom stereocenters. The Bertz CT molecular complexity index is 293. The lowest BCUT2D eigenvalue weighted by Crippen LogP contribution is -2.43. The molecule has 1 aliphatic heterocycles. The van der Waals surface area contributed by atoms with Crippen molar-refractivity contribution in [1.82, 2.24) is 10.3 Å². The predicted octanol–water partition coefficient (Wildman–Crippen LogP) is 2.15. The van der Waals surface area contributed by atoms with Crippen molar-refractivity contribution in [3.8, 4) is 0 Å². The maximum atomic E-state index is 5.71. The van der Waals surface area contributed by atoms with Crippen molar-refractivity contribution < 1.29 is 4.74 Å². The minimum atomic E-state index is -0.0378. The number of ether oxygens (including phenoxy) is 1. The first kappa shape index (κ1) is 12.4. The van der Waals surface area contributed by atoms with Gasteiger partial charge in [-0.1, -0.05) is 19.9 Å². The molecule has 1 saturated heterocycles. The molecule has 1 fully saturated rings. The van der Waals surface area contributed by atoms with E-state index in [-0.39, 0.29) is 24.0 Å². The molecular formula is C11H17ClN2O. The Kier molecular flexibility index (Phi) is 4.08. The van der Waals surface area contributed by atoms with E-state index in [2.05, 4.69) is 24.1 Å². The molecule has 1 aromatic heterocycles. The third kappa shape index (κ3) is 3.16. The van der Waals surface area contributed by atoms with Gasteiger partial charge in [-0.05, 0) is 12.1 Å². The Morgan fingerprint density at radius 1 is 1.47 bits per heavy atom. The van der Waals surface area contributed by atoms with E-state index >= 15 is 0 Å². The van der Waals surface area contributed by atoms with Crippen molar-refractivity contribution in [2.75, 3.05) is 13.2 Å². The SMILES string of the molecule is CC1(C)CNC(c2ccccn2)OC1.Cl. The van der Waals surface area contributed by atoms with Crippen LogP contribution in [0.5, 0.6) is 0 Å². The summed E-state index contributed by atoms with van der Waals surface area (Å²) in [6, 6.07) is 5.87. The van der Waals surface area contributed by atoms with Gasteiger partial charge in [0.1, 0.15) is 0 Å².